The first-order valence-corrected chi connectivity index (χ1v) is 7.63. The normalized spacial score (nSPS) is 18.1. The molecule has 106 valence electrons. The highest BCUT2D eigenvalue weighted by molar-refractivity contribution is 9.10. The average Bonchev–Trinajstić information content (AvgIpc) is 3.25. The third-order valence-corrected chi connectivity index (χ3v) is 4.26. The predicted molar refractivity (Wildman–Crippen MR) is 85.3 cm³/mol. The SMILES string of the molecule is [O-][N+]1=CC=CC=CN1c1cn2cc(C3CC3)cc(Br)c2n1. The highest BCUT2D eigenvalue weighted by Crippen LogP contribution is 2.41. The van der Waals surface area contributed by atoms with Crippen LogP contribution in [-0.4, -0.2) is 20.4 Å². The summed E-state index contributed by atoms with van der Waals surface area (Å²) >= 11 is 3.58. The number of allylic oxidation sites excluding steroid dienone is 3. The van der Waals surface area contributed by atoms with Crippen molar-refractivity contribution in [2.75, 3.05) is 5.01 Å². The summed E-state index contributed by atoms with van der Waals surface area (Å²) < 4.78 is 2.93. The Morgan fingerprint density at radius 3 is 2.90 bits per heavy atom. The Labute approximate surface area is 130 Å². The molecule has 0 saturated heterocycles. The van der Waals surface area contributed by atoms with Gasteiger partial charge in [-0.15, -0.1) is 0 Å². The Kier molecular flexibility index (Phi) is 2.85. The molecule has 0 amide bonds. The molecule has 2 aromatic rings. The number of hydrogen-bond donors (Lipinski definition) is 0. The average molecular weight is 345 g/mol. The molecular weight excluding hydrogens is 332 g/mol. The molecule has 2 aliphatic rings. The molecule has 3 heterocycles. The van der Waals surface area contributed by atoms with Gasteiger partial charge in [-0.3, -0.25) is 0 Å². The van der Waals surface area contributed by atoms with Crippen LogP contribution >= 0.6 is 15.9 Å². The number of hydrazine groups is 1. The number of halogens is 1. The van der Waals surface area contributed by atoms with E-state index in [2.05, 4.69) is 33.2 Å². The predicted octanol–water partition coefficient (Wildman–Crippen LogP) is 3.36. The molecule has 1 saturated carbocycles. The molecule has 6 heteroatoms. The lowest BCUT2D eigenvalue weighted by atomic mass is 10.2. The van der Waals surface area contributed by atoms with Crippen LogP contribution in [0.5, 0.6) is 0 Å². The van der Waals surface area contributed by atoms with Crippen LogP contribution in [0, 0.1) is 5.21 Å². The van der Waals surface area contributed by atoms with Crippen LogP contribution < -0.4 is 5.01 Å². The van der Waals surface area contributed by atoms with Crippen molar-refractivity contribution in [2.45, 2.75) is 18.8 Å². The smallest absolute Gasteiger partial charge is 0.213 e. The molecule has 4 rings (SSSR count). The summed E-state index contributed by atoms with van der Waals surface area (Å²) in [6, 6.07) is 2.13. The standard InChI is InChI=1S/C15H13BrN4O/c16-13-8-12(11-4-5-11)9-18-10-14(17-15(13)18)19-6-2-1-3-7-20(19)21/h1-3,6-11H,4-5H2. The van der Waals surface area contributed by atoms with Gasteiger partial charge in [-0.25, -0.2) is 4.98 Å². The van der Waals surface area contributed by atoms with E-state index in [1.54, 1.807) is 12.3 Å². The minimum absolute atomic E-state index is 0.592. The maximum Gasteiger partial charge on any atom is 0.213 e. The summed E-state index contributed by atoms with van der Waals surface area (Å²) in [7, 11) is 0. The maximum atomic E-state index is 12.0. The topological polar surface area (TPSA) is 46.6 Å². The summed E-state index contributed by atoms with van der Waals surface area (Å²) in [5.74, 6) is 1.26. The fraction of sp³-hybridized carbons (Fsp3) is 0.200. The van der Waals surface area contributed by atoms with E-state index in [9.17, 15) is 5.21 Å². The Morgan fingerprint density at radius 1 is 1.24 bits per heavy atom. The van der Waals surface area contributed by atoms with Crippen molar-refractivity contribution >= 4 is 33.6 Å². The Bertz CT molecular complexity index is 801. The van der Waals surface area contributed by atoms with Gasteiger partial charge in [0.25, 0.3) is 0 Å². The van der Waals surface area contributed by atoms with Crippen LogP contribution in [0.2, 0.25) is 0 Å². The van der Waals surface area contributed by atoms with Crippen molar-refractivity contribution < 1.29 is 4.85 Å². The molecule has 2 aromatic heterocycles. The molecule has 0 aromatic carbocycles. The number of fused-ring (bicyclic) bond motifs is 1. The minimum Gasteiger partial charge on any atom is -0.596 e. The first-order chi connectivity index (χ1) is 10.2. The summed E-state index contributed by atoms with van der Waals surface area (Å²) in [6.07, 6.45) is 14.9. The van der Waals surface area contributed by atoms with Gasteiger partial charge in [0.1, 0.15) is 0 Å². The summed E-state index contributed by atoms with van der Waals surface area (Å²) in [5, 5.41) is 13.5. The Balaban J connectivity index is 1.81. The molecule has 0 bridgehead atoms. The van der Waals surface area contributed by atoms with Crippen molar-refractivity contribution in [3.05, 3.63) is 58.1 Å². The zero-order chi connectivity index (χ0) is 14.4. The van der Waals surface area contributed by atoms with Crippen molar-refractivity contribution in [1.82, 2.24) is 9.38 Å². The molecule has 0 radical (unpaired) electrons. The first kappa shape index (κ1) is 12.6. The van der Waals surface area contributed by atoms with E-state index >= 15 is 0 Å². The van der Waals surface area contributed by atoms with E-state index < -0.39 is 0 Å². The number of rotatable bonds is 2. The molecule has 0 unspecified atom stereocenters. The molecule has 0 spiro atoms. The Hall–Kier alpha value is -2.08. The lowest BCUT2D eigenvalue weighted by Crippen LogP contribution is -2.26. The zero-order valence-electron chi connectivity index (χ0n) is 11.2. The molecule has 1 fully saturated rings. The van der Waals surface area contributed by atoms with Gasteiger partial charge < -0.3 is 9.61 Å². The van der Waals surface area contributed by atoms with E-state index in [-0.39, 0.29) is 0 Å². The van der Waals surface area contributed by atoms with Crippen LogP contribution in [0.4, 0.5) is 5.82 Å². The van der Waals surface area contributed by atoms with Crippen LogP contribution in [-0.2, 0) is 0 Å². The third-order valence-electron chi connectivity index (χ3n) is 3.67. The highest BCUT2D eigenvalue weighted by Gasteiger charge is 2.25. The summed E-state index contributed by atoms with van der Waals surface area (Å²) in [6.45, 7) is 0. The summed E-state index contributed by atoms with van der Waals surface area (Å²) in [5.41, 5.74) is 2.13. The van der Waals surface area contributed by atoms with Crippen LogP contribution in [0.25, 0.3) is 5.65 Å². The number of nitrogens with zero attached hydrogens (tertiary/aromatic N) is 4. The number of anilines is 1. The quantitative estimate of drug-likeness (QED) is 0.619. The van der Waals surface area contributed by atoms with Crippen molar-refractivity contribution in [1.29, 1.82) is 0 Å². The van der Waals surface area contributed by atoms with Crippen molar-refractivity contribution in [2.24, 2.45) is 0 Å². The fourth-order valence-corrected chi connectivity index (χ4v) is 3.01. The van der Waals surface area contributed by atoms with Gasteiger partial charge in [0, 0.05) is 12.3 Å². The number of aromatic nitrogens is 2. The van der Waals surface area contributed by atoms with Gasteiger partial charge in [0.2, 0.25) is 12.0 Å². The maximum absolute atomic E-state index is 12.0. The van der Waals surface area contributed by atoms with Gasteiger partial charge in [-0.1, -0.05) is 15.9 Å². The summed E-state index contributed by atoms with van der Waals surface area (Å²) in [4.78, 5) is 5.31. The number of hydrazone groups is 1. The van der Waals surface area contributed by atoms with E-state index in [0.29, 0.717) is 11.7 Å². The fourth-order valence-electron chi connectivity index (χ4n) is 2.45. The second-order valence-corrected chi connectivity index (χ2v) is 6.10. The Morgan fingerprint density at radius 2 is 2.10 bits per heavy atom. The van der Waals surface area contributed by atoms with E-state index in [4.69, 9.17) is 0 Å². The molecular formula is C15H13BrN4O. The molecule has 0 atom stereocenters. The van der Waals surface area contributed by atoms with Crippen LogP contribution in [0.15, 0.2) is 47.4 Å². The largest absolute Gasteiger partial charge is 0.596 e. The molecule has 1 aliphatic carbocycles. The van der Waals surface area contributed by atoms with Gasteiger partial charge in [-0.05, 0) is 52.4 Å². The molecule has 1 aliphatic heterocycles. The van der Waals surface area contributed by atoms with Gasteiger partial charge in [0.05, 0.1) is 16.9 Å². The molecule has 21 heavy (non-hydrogen) atoms. The number of imidazole rings is 1. The van der Waals surface area contributed by atoms with Crippen molar-refractivity contribution in [3.63, 3.8) is 0 Å². The van der Waals surface area contributed by atoms with E-state index in [0.717, 1.165) is 15.0 Å². The van der Waals surface area contributed by atoms with Gasteiger partial charge in [-0.2, -0.15) is 0 Å². The second kappa shape index (κ2) is 4.73. The monoisotopic (exact) mass is 344 g/mol. The number of pyridine rings is 1. The minimum atomic E-state index is 0.592. The molecule has 0 N–H and O–H groups in total. The number of hydrogen-bond acceptors (Lipinski definition) is 3. The first-order valence-electron chi connectivity index (χ1n) is 6.84. The highest BCUT2D eigenvalue weighted by atomic mass is 79.9. The van der Waals surface area contributed by atoms with Crippen LogP contribution in [0.1, 0.15) is 24.3 Å². The lowest BCUT2D eigenvalue weighted by Gasteiger charge is -2.13. The lowest BCUT2D eigenvalue weighted by molar-refractivity contribution is -0.457. The van der Waals surface area contributed by atoms with Crippen LogP contribution in [0.3, 0.4) is 0 Å². The van der Waals surface area contributed by atoms with Gasteiger partial charge in [0.15, 0.2) is 5.65 Å². The van der Waals surface area contributed by atoms with E-state index in [1.165, 1.54) is 29.6 Å². The third kappa shape index (κ3) is 2.25. The second-order valence-electron chi connectivity index (χ2n) is 5.25. The van der Waals surface area contributed by atoms with Gasteiger partial charge >= 0.3 is 0 Å². The van der Waals surface area contributed by atoms with Crippen molar-refractivity contribution in [3.8, 4) is 0 Å². The zero-order valence-corrected chi connectivity index (χ0v) is 12.8. The molecule has 5 nitrogen and oxygen atoms in total. The van der Waals surface area contributed by atoms with E-state index in [1.807, 2.05) is 22.7 Å².